The molecule has 7 heteroatoms. The van der Waals surface area contributed by atoms with Crippen molar-refractivity contribution < 1.29 is 23.9 Å². The summed E-state index contributed by atoms with van der Waals surface area (Å²) in [4.78, 5) is 42.6. The van der Waals surface area contributed by atoms with E-state index in [9.17, 15) is 14.4 Å². The van der Waals surface area contributed by atoms with Crippen molar-refractivity contribution in [1.82, 2.24) is 10.2 Å². The molecule has 1 aliphatic heterocycles. The number of para-hydroxylation sites is 1. The highest BCUT2D eigenvalue weighted by molar-refractivity contribution is 5.93. The van der Waals surface area contributed by atoms with Crippen molar-refractivity contribution in [2.45, 2.75) is 52.0 Å². The summed E-state index contributed by atoms with van der Waals surface area (Å²) < 4.78 is 11.0. The number of nitrogens with one attached hydrogen (secondary N) is 1. The Balaban J connectivity index is 1.40. The van der Waals surface area contributed by atoms with Crippen LogP contribution in [0.4, 0.5) is 0 Å². The molecule has 1 N–H and O–H groups in total. The average molecular weight is 555 g/mol. The van der Waals surface area contributed by atoms with Gasteiger partial charge in [-0.1, -0.05) is 66.7 Å². The van der Waals surface area contributed by atoms with Gasteiger partial charge in [-0.15, -0.1) is 0 Å². The van der Waals surface area contributed by atoms with E-state index in [-0.39, 0.29) is 37.2 Å². The smallest absolute Gasteiger partial charge is 0.318 e. The van der Waals surface area contributed by atoms with Crippen LogP contribution in [0.15, 0.2) is 78.5 Å². The molecule has 1 saturated heterocycles. The number of rotatable bonds is 10. The zero-order valence-electron chi connectivity index (χ0n) is 23.9. The Morgan fingerprint density at radius 3 is 2.61 bits per heavy atom. The first kappa shape index (κ1) is 28.4. The predicted octanol–water partition coefficient (Wildman–Crippen LogP) is 5.56. The van der Waals surface area contributed by atoms with E-state index < -0.39 is 11.3 Å². The molecule has 3 aromatic carbocycles. The maximum absolute atomic E-state index is 14.1. The maximum atomic E-state index is 14.1. The number of ether oxygens (including phenoxy) is 2. The van der Waals surface area contributed by atoms with Crippen LogP contribution < -0.4 is 10.1 Å². The van der Waals surface area contributed by atoms with Crippen LogP contribution in [0, 0.1) is 11.3 Å². The Kier molecular flexibility index (Phi) is 8.72. The predicted molar refractivity (Wildman–Crippen MR) is 158 cm³/mol. The molecule has 0 radical (unpaired) electrons. The summed E-state index contributed by atoms with van der Waals surface area (Å²) in [6.45, 7) is 2.82. The Bertz CT molecular complexity index is 1460. The molecule has 5 rings (SSSR count). The highest BCUT2D eigenvalue weighted by atomic mass is 16.5. The number of likely N-dealkylation sites (tertiary alicyclic amines) is 1. The molecule has 2 atom stereocenters. The minimum Gasteiger partial charge on any atom is -0.496 e. The van der Waals surface area contributed by atoms with Crippen molar-refractivity contribution in [2.24, 2.45) is 11.3 Å². The molecule has 3 aromatic rings. The zero-order valence-corrected chi connectivity index (χ0v) is 23.9. The van der Waals surface area contributed by atoms with Gasteiger partial charge < -0.3 is 19.7 Å². The number of fused-ring (bicyclic) bond motifs is 2. The van der Waals surface area contributed by atoms with Crippen LogP contribution in [0.25, 0.3) is 10.8 Å². The fourth-order valence-electron chi connectivity index (χ4n) is 6.41. The lowest BCUT2D eigenvalue weighted by molar-refractivity contribution is -0.162. The molecule has 1 aliphatic carbocycles. The van der Waals surface area contributed by atoms with Gasteiger partial charge in [0.05, 0.1) is 20.3 Å². The van der Waals surface area contributed by atoms with E-state index >= 15 is 0 Å². The molecule has 41 heavy (non-hydrogen) atoms. The standard InChI is InChI=1S/C34H38N2O5/c1-3-41-33(39)34-19-9-8-17-30(34)36(23-26-14-10-13-24-11-4-6-15-28(24)26)32(38)27(22-34)21-31(37)35-20-18-25-12-5-7-16-29(25)40-2/h4-7,10-17,27H,3,8-9,18-23H2,1-2H3,(H,35,37)/t27-,34+/m1/s1. The van der Waals surface area contributed by atoms with Gasteiger partial charge in [0.15, 0.2) is 0 Å². The Hall–Kier alpha value is -4.13. The lowest BCUT2D eigenvalue weighted by atomic mass is 9.66. The Morgan fingerprint density at radius 1 is 1.02 bits per heavy atom. The van der Waals surface area contributed by atoms with E-state index in [2.05, 4.69) is 23.5 Å². The molecular weight excluding hydrogens is 516 g/mol. The minimum atomic E-state index is -0.935. The SMILES string of the molecule is CCOC(=O)[C@]12CCCC=C1N(Cc1cccc3ccccc13)C(=O)[C@H](CC(=O)NCCc1ccccc1OC)C2. The second-order valence-electron chi connectivity index (χ2n) is 10.9. The topological polar surface area (TPSA) is 84.9 Å². The summed E-state index contributed by atoms with van der Waals surface area (Å²) in [6, 6.07) is 21.9. The van der Waals surface area contributed by atoms with Gasteiger partial charge in [0, 0.05) is 24.6 Å². The molecule has 1 heterocycles. The first-order chi connectivity index (χ1) is 20.0. The number of allylic oxidation sites excluding steroid dienone is 1. The Labute approximate surface area is 241 Å². The molecule has 2 amide bonds. The van der Waals surface area contributed by atoms with Gasteiger partial charge in [-0.25, -0.2) is 0 Å². The number of nitrogens with zero attached hydrogens (tertiary/aromatic N) is 1. The van der Waals surface area contributed by atoms with Crippen LogP contribution >= 0.6 is 0 Å². The monoisotopic (exact) mass is 554 g/mol. The maximum Gasteiger partial charge on any atom is 0.318 e. The van der Waals surface area contributed by atoms with E-state index in [1.54, 1.807) is 18.9 Å². The van der Waals surface area contributed by atoms with Crippen LogP contribution in [0.1, 0.15) is 50.2 Å². The molecule has 214 valence electrons. The molecule has 0 aromatic heterocycles. The lowest BCUT2D eigenvalue weighted by Gasteiger charge is -2.48. The van der Waals surface area contributed by atoms with Gasteiger partial charge in [0.2, 0.25) is 11.8 Å². The number of carbonyl (C=O) groups is 3. The summed E-state index contributed by atoms with van der Waals surface area (Å²) in [7, 11) is 1.63. The largest absolute Gasteiger partial charge is 0.496 e. The molecule has 0 spiro atoms. The van der Waals surface area contributed by atoms with Crippen LogP contribution in [0.5, 0.6) is 5.75 Å². The van der Waals surface area contributed by atoms with E-state index in [0.29, 0.717) is 25.9 Å². The number of hydrogen-bond donors (Lipinski definition) is 1. The van der Waals surface area contributed by atoms with Gasteiger partial charge in [-0.3, -0.25) is 14.4 Å². The van der Waals surface area contributed by atoms with Crippen LogP contribution in [0.2, 0.25) is 0 Å². The van der Waals surface area contributed by atoms with Crippen molar-refractivity contribution >= 4 is 28.6 Å². The minimum absolute atomic E-state index is 0.0191. The summed E-state index contributed by atoms with van der Waals surface area (Å²) in [5, 5.41) is 5.14. The van der Waals surface area contributed by atoms with E-state index in [1.807, 2.05) is 54.6 Å². The van der Waals surface area contributed by atoms with Gasteiger partial charge in [0.1, 0.15) is 11.2 Å². The van der Waals surface area contributed by atoms with Crippen LogP contribution in [-0.2, 0) is 32.1 Å². The van der Waals surface area contributed by atoms with Gasteiger partial charge in [0.25, 0.3) is 0 Å². The molecular formula is C34H38N2O5. The summed E-state index contributed by atoms with van der Waals surface area (Å²) in [5.74, 6) is -0.475. The first-order valence-electron chi connectivity index (χ1n) is 14.5. The summed E-state index contributed by atoms with van der Waals surface area (Å²) in [5.41, 5.74) is 1.80. The van der Waals surface area contributed by atoms with Crippen molar-refractivity contribution in [3.63, 3.8) is 0 Å². The number of carbonyl (C=O) groups excluding carboxylic acids is 3. The molecule has 7 nitrogen and oxygen atoms in total. The third-order valence-electron chi connectivity index (χ3n) is 8.35. The molecule has 0 unspecified atom stereocenters. The quantitative estimate of drug-likeness (QED) is 0.332. The van der Waals surface area contributed by atoms with Crippen molar-refractivity contribution in [2.75, 3.05) is 20.3 Å². The van der Waals surface area contributed by atoms with Crippen molar-refractivity contribution in [3.8, 4) is 5.75 Å². The average Bonchev–Trinajstić information content (AvgIpc) is 2.99. The highest BCUT2D eigenvalue weighted by Gasteiger charge is 2.54. The van der Waals surface area contributed by atoms with E-state index in [1.165, 1.54) is 0 Å². The van der Waals surface area contributed by atoms with Gasteiger partial charge >= 0.3 is 5.97 Å². The molecule has 0 saturated carbocycles. The lowest BCUT2D eigenvalue weighted by Crippen LogP contribution is -2.54. The van der Waals surface area contributed by atoms with Crippen LogP contribution in [-0.4, -0.2) is 42.9 Å². The molecule has 0 bridgehead atoms. The number of methoxy groups -OCH3 is 1. The summed E-state index contributed by atoms with van der Waals surface area (Å²) >= 11 is 0. The first-order valence-corrected chi connectivity index (χ1v) is 14.5. The van der Waals surface area contributed by atoms with Crippen molar-refractivity contribution in [3.05, 3.63) is 89.6 Å². The third-order valence-corrected chi connectivity index (χ3v) is 8.35. The number of benzene rings is 3. The summed E-state index contributed by atoms with van der Waals surface area (Å²) in [6.07, 6.45) is 5.17. The highest BCUT2D eigenvalue weighted by Crippen LogP contribution is 2.50. The third kappa shape index (κ3) is 5.85. The second-order valence-corrected chi connectivity index (χ2v) is 10.9. The van der Waals surface area contributed by atoms with Crippen molar-refractivity contribution in [1.29, 1.82) is 0 Å². The fourth-order valence-corrected chi connectivity index (χ4v) is 6.41. The van der Waals surface area contributed by atoms with Gasteiger partial charge in [-0.2, -0.15) is 0 Å². The van der Waals surface area contributed by atoms with E-state index in [4.69, 9.17) is 9.47 Å². The van der Waals surface area contributed by atoms with Gasteiger partial charge in [-0.05, 0) is 67.0 Å². The second kappa shape index (κ2) is 12.6. The normalized spacial score (nSPS) is 20.2. The number of amides is 2. The van der Waals surface area contributed by atoms with E-state index in [0.717, 1.165) is 46.2 Å². The Morgan fingerprint density at radius 2 is 1.78 bits per heavy atom. The number of esters is 1. The fraction of sp³-hybridized carbons (Fsp3) is 0.382. The number of hydrogen-bond acceptors (Lipinski definition) is 5. The number of piperidine rings is 1. The molecule has 2 aliphatic rings. The van der Waals surface area contributed by atoms with Crippen LogP contribution in [0.3, 0.4) is 0 Å². The molecule has 1 fully saturated rings. The zero-order chi connectivity index (χ0) is 28.8.